The molecule has 0 radical (unpaired) electrons. The van der Waals surface area contributed by atoms with Crippen molar-refractivity contribution in [2.75, 3.05) is 13.2 Å². The molecule has 0 N–H and O–H groups in total. The lowest BCUT2D eigenvalue weighted by atomic mass is 10.0. The van der Waals surface area contributed by atoms with E-state index in [9.17, 15) is 19.2 Å². The molecule has 0 aliphatic heterocycles. The van der Waals surface area contributed by atoms with Crippen molar-refractivity contribution in [2.24, 2.45) is 11.8 Å². The van der Waals surface area contributed by atoms with Gasteiger partial charge in [-0.15, -0.1) is 0 Å². The molecule has 0 aromatic heterocycles. The molecule has 0 saturated heterocycles. The number of nitrogens with zero attached hydrogens (tertiary/aromatic N) is 2. The molecular formula is C16H22N2O6. The van der Waals surface area contributed by atoms with Crippen LogP contribution in [-0.2, 0) is 28.7 Å². The molecule has 8 nitrogen and oxygen atoms in total. The number of ketones is 2. The fourth-order valence-corrected chi connectivity index (χ4v) is 1.37. The summed E-state index contributed by atoms with van der Waals surface area (Å²) in [6.45, 7) is 6.84. The third kappa shape index (κ3) is 8.64. The molecule has 2 unspecified atom stereocenters. The first kappa shape index (κ1) is 23.5. The Morgan fingerprint density at radius 3 is 1.21 bits per heavy atom. The van der Waals surface area contributed by atoms with Gasteiger partial charge in [-0.25, -0.2) is 0 Å². The van der Waals surface area contributed by atoms with Gasteiger partial charge < -0.3 is 9.47 Å². The van der Waals surface area contributed by atoms with Crippen LogP contribution in [0.25, 0.3) is 0 Å². The summed E-state index contributed by atoms with van der Waals surface area (Å²) >= 11 is 0. The first-order chi connectivity index (χ1) is 11.3. The number of hydrogen-bond acceptors (Lipinski definition) is 8. The molecule has 0 aliphatic carbocycles. The molecule has 0 heterocycles. The third-order valence-corrected chi connectivity index (χ3v) is 2.64. The van der Waals surface area contributed by atoms with Gasteiger partial charge in [0, 0.05) is 12.8 Å². The highest BCUT2D eigenvalue weighted by atomic mass is 16.5. The lowest BCUT2D eigenvalue weighted by Gasteiger charge is -2.04. The molecular weight excluding hydrogens is 316 g/mol. The first-order valence-corrected chi connectivity index (χ1v) is 7.52. The normalized spacial score (nSPS) is 11.4. The number of hydrogen-bond donors (Lipinski definition) is 0. The summed E-state index contributed by atoms with van der Waals surface area (Å²) in [5, 5.41) is 16.9. The van der Waals surface area contributed by atoms with Crippen LogP contribution in [0.1, 0.15) is 40.5 Å². The molecule has 2 atom stereocenters. The molecule has 24 heavy (non-hydrogen) atoms. The average Bonchev–Trinajstić information content (AvgIpc) is 2.56. The van der Waals surface area contributed by atoms with Crippen molar-refractivity contribution in [3.05, 3.63) is 0 Å². The topological polar surface area (TPSA) is 134 Å². The van der Waals surface area contributed by atoms with Gasteiger partial charge in [-0.3, -0.25) is 19.2 Å². The number of ether oxygens (including phenoxy) is 2. The Bertz CT molecular complexity index is 482. The molecule has 0 amide bonds. The summed E-state index contributed by atoms with van der Waals surface area (Å²) in [4.78, 5) is 43.7. The smallest absolute Gasteiger partial charge is 0.331 e. The van der Waals surface area contributed by atoms with Gasteiger partial charge in [-0.1, -0.05) is 13.8 Å². The maximum absolute atomic E-state index is 10.9. The zero-order valence-electron chi connectivity index (χ0n) is 14.3. The SMILES string of the molecule is CCOC(=O)C(C#N)C(=O)CC.CCOC(=O)C(C#N)C(=O)CC. The fraction of sp³-hybridized carbons (Fsp3) is 0.625. The van der Waals surface area contributed by atoms with Crippen LogP contribution in [0.3, 0.4) is 0 Å². The van der Waals surface area contributed by atoms with E-state index in [-0.39, 0.29) is 26.1 Å². The predicted molar refractivity (Wildman–Crippen MR) is 82.1 cm³/mol. The summed E-state index contributed by atoms with van der Waals surface area (Å²) in [7, 11) is 0. The van der Waals surface area contributed by atoms with Crippen molar-refractivity contribution in [2.45, 2.75) is 40.5 Å². The quantitative estimate of drug-likeness (QED) is 0.478. The number of nitriles is 2. The number of carbonyl (C=O) groups excluding carboxylic acids is 4. The van der Waals surface area contributed by atoms with Crippen LogP contribution in [0.2, 0.25) is 0 Å². The van der Waals surface area contributed by atoms with Crippen molar-refractivity contribution in [1.29, 1.82) is 10.5 Å². The van der Waals surface area contributed by atoms with Crippen LogP contribution < -0.4 is 0 Å². The van der Waals surface area contributed by atoms with Crippen molar-refractivity contribution in [3.8, 4) is 12.1 Å². The molecule has 0 aromatic carbocycles. The van der Waals surface area contributed by atoms with Crippen LogP contribution in [0, 0.1) is 34.5 Å². The van der Waals surface area contributed by atoms with Crippen LogP contribution in [0.15, 0.2) is 0 Å². The lowest BCUT2D eigenvalue weighted by molar-refractivity contribution is -0.150. The second-order valence-electron chi connectivity index (χ2n) is 4.27. The fourth-order valence-electron chi connectivity index (χ4n) is 1.37. The second-order valence-corrected chi connectivity index (χ2v) is 4.27. The van der Waals surface area contributed by atoms with E-state index in [0.717, 1.165) is 0 Å². The van der Waals surface area contributed by atoms with E-state index in [4.69, 9.17) is 10.5 Å². The molecule has 0 aliphatic rings. The summed E-state index contributed by atoms with van der Waals surface area (Å²) in [5.41, 5.74) is 0. The van der Waals surface area contributed by atoms with Crippen molar-refractivity contribution < 1.29 is 28.7 Å². The van der Waals surface area contributed by atoms with Crippen LogP contribution in [0.4, 0.5) is 0 Å². The Kier molecular flexibility index (Phi) is 13.6. The average molecular weight is 338 g/mol. The minimum Gasteiger partial charge on any atom is -0.465 e. The van der Waals surface area contributed by atoms with Gasteiger partial charge in [-0.2, -0.15) is 10.5 Å². The number of rotatable bonds is 8. The summed E-state index contributed by atoms with van der Waals surface area (Å²) in [6, 6.07) is 3.23. The van der Waals surface area contributed by atoms with E-state index in [1.54, 1.807) is 39.8 Å². The molecule has 8 heteroatoms. The van der Waals surface area contributed by atoms with E-state index in [0.29, 0.717) is 0 Å². The Morgan fingerprint density at radius 2 is 1.04 bits per heavy atom. The summed E-state index contributed by atoms with van der Waals surface area (Å²) in [5.74, 6) is -4.75. The molecule has 0 rings (SSSR count). The van der Waals surface area contributed by atoms with Gasteiger partial charge in [0.25, 0.3) is 0 Å². The van der Waals surface area contributed by atoms with Crippen LogP contribution >= 0.6 is 0 Å². The summed E-state index contributed by atoms with van der Waals surface area (Å²) < 4.78 is 9.07. The summed E-state index contributed by atoms with van der Waals surface area (Å²) in [6.07, 6.45) is 0.355. The van der Waals surface area contributed by atoms with Crippen molar-refractivity contribution in [1.82, 2.24) is 0 Å². The molecule has 0 spiro atoms. The Labute approximate surface area is 141 Å². The van der Waals surface area contributed by atoms with Crippen LogP contribution in [0.5, 0.6) is 0 Å². The Balaban J connectivity index is 0. The largest absolute Gasteiger partial charge is 0.465 e. The predicted octanol–water partition coefficient (Wildman–Crippen LogP) is 1.34. The van der Waals surface area contributed by atoms with E-state index in [1.165, 1.54) is 0 Å². The molecule has 0 fully saturated rings. The molecule has 0 bridgehead atoms. The highest BCUT2D eigenvalue weighted by molar-refractivity contribution is 6.02. The van der Waals surface area contributed by atoms with Gasteiger partial charge in [-0.05, 0) is 13.8 Å². The minimum atomic E-state index is -1.24. The van der Waals surface area contributed by atoms with E-state index in [2.05, 4.69) is 9.47 Å². The standard InChI is InChI=1S/2C8H11NO3/c2*1-3-7(10)6(5-9)8(11)12-4-2/h2*6H,3-4H2,1-2H3. The molecule has 0 aromatic rings. The van der Waals surface area contributed by atoms with Crippen molar-refractivity contribution >= 4 is 23.5 Å². The van der Waals surface area contributed by atoms with E-state index < -0.39 is 35.3 Å². The van der Waals surface area contributed by atoms with E-state index in [1.807, 2.05) is 0 Å². The zero-order valence-corrected chi connectivity index (χ0v) is 14.3. The van der Waals surface area contributed by atoms with Gasteiger partial charge in [0.2, 0.25) is 11.8 Å². The minimum absolute atomic E-state index is 0.178. The van der Waals surface area contributed by atoms with Crippen LogP contribution in [-0.4, -0.2) is 36.7 Å². The third-order valence-electron chi connectivity index (χ3n) is 2.64. The van der Waals surface area contributed by atoms with Crippen molar-refractivity contribution in [3.63, 3.8) is 0 Å². The highest BCUT2D eigenvalue weighted by Crippen LogP contribution is 2.03. The highest BCUT2D eigenvalue weighted by Gasteiger charge is 2.26. The maximum atomic E-state index is 10.9. The Hall–Kier alpha value is -2.74. The number of esters is 2. The number of Topliss-reactive ketones (excluding diaryl/α,β-unsaturated/α-hetero) is 2. The lowest BCUT2D eigenvalue weighted by Crippen LogP contribution is -2.24. The number of carbonyl (C=O) groups is 4. The van der Waals surface area contributed by atoms with Gasteiger partial charge in [0.05, 0.1) is 25.4 Å². The van der Waals surface area contributed by atoms with Gasteiger partial charge in [0.15, 0.2) is 11.6 Å². The maximum Gasteiger partial charge on any atom is 0.331 e. The van der Waals surface area contributed by atoms with Gasteiger partial charge in [0.1, 0.15) is 0 Å². The van der Waals surface area contributed by atoms with Gasteiger partial charge >= 0.3 is 11.9 Å². The first-order valence-electron chi connectivity index (χ1n) is 7.52. The monoisotopic (exact) mass is 338 g/mol. The Morgan fingerprint density at radius 1 is 0.750 bits per heavy atom. The van der Waals surface area contributed by atoms with E-state index >= 15 is 0 Å². The second kappa shape index (κ2) is 13.9. The molecule has 0 saturated carbocycles. The zero-order chi connectivity index (χ0) is 19.1. The molecule has 132 valence electrons.